The zero-order valence-electron chi connectivity index (χ0n) is 15.2. The zero-order chi connectivity index (χ0) is 18.8. The van der Waals surface area contributed by atoms with E-state index in [-0.39, 0.29) is 11.5 Å². The lowest BCUT2D eigenvalue weighted by Crippen LogP contribution is -2.22. The molecule has 1 unspecified atom stereocenters. The van der Waals surface area contributed by atoms with E-state index in [2.05, 4.69) is 9.97 Å². The number of hydrogen-bond acceptors (Lipinski definition) is 4. The van der Waals surface area contributed by atoms with Gasteiger partial charge in [0.2, 0.25) is 0 Å². The van der Waals surface area contributed by atoms with Crippen LogP contribution in [0.3, 0.4) is 0 Å². The highest BCUT2D eigenvalue weighted by Gasteiger charge is 2.27. The van der Waals surface area contributed by atoms with Crippen molar-refractivity contribution in [1.82, 2.24) is 9.97 Å². The van der Waals surface area contributed by atoms with Crippen molar-refractivity contribution in [2.45, 2.75) is 12.3 Å². The Bertz CT molecular complexity index is 1030. The molecule has 0 amide bonds. The van der Waals surface area contributed by atoms with E-state index in [1.54, 1.807) is 14.2 Å². The number of benzene rings is 2. The Morgan fingerprint density at radius 3 is 2.22 bits per heavy atom. The van der Waals surface area contributed by atoms with E-state index in [1.807, 2.05) is 54.6 Å². The number of ether oxygens (including phenoxy) is 2. The van der Waals surface area contributed by atoms with Crippen molar-refractivity contribution in [1.29, 1.82) is 0 Å². The van der Waals surface area contributed by atoms with Gasteiger partial charge in [0.15, 0.2) is 0 Å². The highest BCUT2D eigenvalue weighted by Crippen LogP contribution is 2.40. The van der Waals surface area contributed by atoms with Crippen LogP contribution in [0.2, 0.25) is 0 Å². The first-order valence-electron chi connectivity index (χ1n) is 8.76. The predicted molar refractivity (Wildman–Crippen MR) is 105 cm³/mol. The maximum absolute atomic E-state index is 12.5. The molecule has 1 heterocycles. The van der Waals surface area contributed by atoms with E-state index < -0.39 is 0 Å². The van der Waals surface area contributed by atoms with Crippen LogP contribution in [0.4, 0.5) is 0 Å². The lowest BCUT2D eigenvalue weighted by atomic mass is 9.79. The van der Waals surface area contributed by atoms with Crippen LogP contribution in [0.1, 0.15) is 34.7 Å². The molecule has 0 saturated carbocycles. The fourth-order valence-corrected chi connectivity index (χ4v) is 3.55. The molecule has 0 saturated heterocycles. The molecule has 1 aromatic heterocycles. The van der Waals surface area contributed by atoms with Gasteiger partial charge < -0.3 is 14.5 Å². The average molecular weight is 360 g/mol. The van der Waals surface area contributed by atoms with Crippen LogP contribution in [0.5, 0.6) is 11.5 Å². The number of fused-ring (bicyclic) bond motifs is 1. The lowest BCUT2D eigenvalue weighted by Gasteiger charge is -2.25. The first kappa shape index (κ1) is 17.1. The minimum absolute atomic E-state index is 0.0644. The summed E-state index contributed by atoms with van der Waals surface area (Å²) in [6, 6.07) is 15.8. The Morgan fingerprint density at radius 2 is 1.59 bits per heavy atom. The van der Waals surface area contributed by atoms with Gasteiger partial charge in [-0.25, -0.2) is 4.98 Å². The molecular formula is C22H20N2O3. The van der Waals surface area contributed by atoms with Crippen LogP contribution in [0.15, 0.2) is 59.7 Å². The molecule has 136 valence electrons. The predicted octanol–water partition coefficient (Wildman–Crippen LogP) is 3.86. The van der Waals surface area contributed by atoms with Gasteiger partial charge in [0.1, 0.15) is 11.5 Å². The van der Waals surface area contributed by atoms with Crippen LogP contribution in [0, 0.1) is 0 Å². The smallest absolute Gasteiger partial charge is 0.255 e. The Hall–Kier alpha value is -3.34. The second kappa shape index (κ2) is 7.11. The van der Waals surface area contributed by atoms with Crippen molar-refractivity contribution in [3.8, 4) is 11.5 Å². The van der Waals surface area contributed by atoms with E-state index >= 15 is 0 Å². The first-order valence-corrected chi connectivity index (χ1v) is 8.76. The third-order valence-electron chi connectivity index (χ3n) is 4.98. The van der Waals surface area contributed by atoms with E-state index in [4.69, 9.17) is 9.47 Å². The molecule has 0 aliphatic heterocycles. The molecule has 5 nitrogen and oxygen atoms in total. The van der Waals surface area contributed by atoms with Crippen molar-refractivity contribution in [3.63, 3.8) is 0 Å². The standard InChI is InChI=1S/C22H20N2O3/c1-26-17-7-3-14(4-8-17)16-11-19(15-5-9-18(27-2)10-6-15)21-20(12-16)23-13-24-22(21)25/h3-10,12-13,19H,11H2,1-2H3,(H,23,24,25). The van der Waals surface area contributed by atoms with Gasteiger partial charge in [-0.1, -0.05) is 24.3 Å². The van der Waals surface area contributed by atoms with Crippen LogP contribution in [-0.4, -0.2) is 24.2 Å². The van der Waals surface area contributed by atoms with E-state index in [1.165, 1.54) is 6.33 Å². The summed E-state index contributed by atoms with van der Waals surface area (Å²) in [5.74, 6) is 1.54. The maximum atomic E-state index is 12.5. The number of methoxy groups -OCH3 is 2. The topological polar surface area (TPSA) is 64.2 Å². The largest absolute Gasteiger partial charge is 0.497 e. The van der Waals surface area contributed by atoms with Crippen LogP contribution >= 0.6 is 0 Å². The van der Waals surface area contributed by atoms with Crippen molar-refractivity contribution >= 4 is 11.6 Å². The number of nitrogens with zero attached hydrogens (tertiary/aromatic N) is 1. The van der Waals surface area contributed by atoms with E-state index in [0.29, 0.717) is 5.56 Å². The monoisotopic (exact) mass is 360 g/mol. The van der Waals surface area contributed by atoms with E-state index in [0.717, 1.165) is 40.3 Å². The summed E-state index contributed by atoms with van der Waals surface area (Å²) in [5, 5.41) is 0. The van der Waals surface area contributed by atoms with Crippen molar-refractivity contribution in [2.75, 3.05) is 14.2 Å². The molecule has 3 aromatic rings. The molecule has 0 bridgehead atoms. The molecule has 1 N–H and O–H groups in total. The molecule has 0 spiro atoms. The van der Waals surface area contributed by atoms with Gasteiger partial charge in [0, 0.05) is 5.92 Å². The molecule has 2 aromatic carbocycles. The van der Waals surface area contributed by atoms with Gasteiger partial charge >= 0.3 is 0 Å². The molecule has 5 heteroatoms. The van der Waals surface area contributed by atoms with Crippen LogP contribution in [0.25, 0.3) is 11.6 Å². The number of nitrogens with one attached hydrogen (secondary N) is 1. The summed E-state index contributed by atoms with van der Waals surface area (Å²) in [6.07, 6.45) is 4.19. The summed E-state index contributed by atoms with van der Waals surface area (Å²) in [5.41, 5.74) is 4.64. The Labute approximate surface area is 157 Å². The maximum Gasteiger partial charge on any atom is 0.255 e. The SMILES string of the molecule is COc1ccc(C2=Cc3nc[nH]c(=O)c3C(c3ccc(OC)cc3)C2)cc1. The summed E-state index contributed by atoms with van der Waals surface area (Å²) < 4.78 is 10.5. The lowest BCUT2D eigenvalue weighted by molar-refractivity contribution is 0.414. The molecule has 27 heavy (non-hydrogen) atoms. The quantitative estimate of drug-likeness (QED) is 0.767. The number of aromatic nitrogens is 2. The molecule has 0 radical (unpaired) electrons. The summed E-state index contributed by atoms with van der Waals surface area (Å²) >= 11 is 0. The Balaban J connectivity index is 1.80. The highest BCUT2D eigenvalue weighted by atomic mass is 16.5. The number of H-pyrrole nitrogens is 1. The van der Waals surface area contributed by atoms with Gasteiger partial charge in [0.25, 0.3) is 5.56 Å². The number of allylic oxidation sites excluding steroid dienone is 1. The molecule has 4 rings (SSSR count). The van der Waals surface area contributed by atoms with E-state index in [9.17, 15) is 4.79 Å². The summed E-state index contributed by atoms with van der Waals surface area (Å²) in [4.78, 5) is 19.7. The average Bonchev–Trinajstić information content (AvgIpc) is 2.73. The summed E-state index contributed by atoms with van der Waals surface area (Å²) in [6.45, 7) is 0. The molecule has 0 fully saturated rings. The Kier molecular flexibility index (Phi) is 4.50. The van der Waals surface area contributed by atoms with Gasteiger partial charge in [-0.3, -0.25) is 4.79 Å². The van der Waals surface area contributed by atoms with Gasteiger partial charge in [-0.05, 0) is 53.5 Å². The fourth-order valence-electron chi connectivity index (χ4n) is 3.55. The molecule has 1 aliphatic carbocycles. The highest BCUT2D eigenvalue weighted by molar-refractivity contribution is 5.84. The van der Waals surface area contributed by atoms with Crippen LogP contribution < -0.4 is 15.0 Å². The summed E-state index contributed by atoms with van der Waals surface area (Å²) in [7, 11) is 3.30. The number of hydrogen-bond donors (Lipinski definition) is 1. The second-order valence-corrected chi connectivity index (χ2v) is 6.46. The normalized spacial score (nSPS) is 15.6. The van der Waals surface area contributed by atoms with Gasteiger partial charge in [0.05, 0.1) is 31.8 Å². The number of aromatic amines is 1. The Morgan fingerprint density at radius 1 is 0.963 bits per heavy atom. The molecular weight excluding hydrogens is 340 g/mol. The second-order valence-electron chi connectivity index (χ2n) is 6.46. The van der Waals surface area contributed by atoms with Gasteiger partial charge in [-0.15, -0.1) is 0 Å². The van der Waals surface area contributed by atoms with Gasteiger partial charge in [-0.2, -0.15) is 0 Å². The minimum atomic E-state index is -0.0918. The molecule has 1 atom stereocenters. The minimum Gasteiger partial charge on any atom is -0.497 e. The fraction of sp³-hybridized carbons (Fsp3) is 0.182. The van der Waals surface area contributed by atoms with Crippen molar-refractivity contribution in [2.24, 2.45) is 0 Å². The van der Waals surface area contributed by atoms with Crippen molar-refractivity contribution in [3.05, 3.63) is 87.6 Å². The van der Waals surface area contributed by atoms with Crippen LogP contribution in [-0.2, 0) is 0 Å². The molecule has 1 aliphatic rings. The third-order valence-corrected chi connectivity index (χ3v) is 4.98. The van der Waals surface area contributed by atoms with Crippen molar-refractivity contribution < 1.29 is 9.47 Å². The third kappa shape index (κ3) is 3.24. The zero-order valence-corrected chi connectivity index (χ0v) is 15.2. The first-order chi connectivity index (χ1) is 13.2. The number of rotatable bonds is 4.